The van der Waals surface area contributed by atoms with Gasteiger partial charge in [-0.25, -0.2) is 0 Å². The van der Waals surface area contributed by atoms with Crippen LogP contribution in [-0.2, 0) is 11.2 Å². The van der Waals surface area contributed by atoms with Gasteiger partial charge in [0.25, 0.3) is 0 Å². The quantitative estimate of drug-likeness (QED) is 0.500. The summed E-state index contributed by atoms with van der Waals surface area (Å²) in [7, 11) is 0. The minimum absolute atomic E-state index is 0.0475. The molecule has 0 spiro atoms. The summed E-state index contributed by atoms with van der Waals surface area (Å²) < 4.78 is 0. The van der Waals surface area contributed by atoms with Gasteiger partial charge in [0.1, 0.15) is 0 Å². The molecule has 0 heterocycles. The first-order valence-electron chi connectivity index (χ1n) is 9.35. The zero-order valence-corrected chi connectivity index (χ0v) is 14.8. The van der Waals surface area contributed by atoms with Crippen molar-refractivity contribution in [1.82, 2.24) is 0 Å². The zero-order chi connectivity index (χ0) is 16.8. The Bertz CT molecular complexity index is 414. The fraction of sp³-hybridized carbons (Fsp3) is 0.650. The number of anilines is 1. The summed E-state index contributed by atoms with van der Waals surface area (Å²) in [5.74, 6) is 0.0475. The Morgan fingerprint density at radius 1 is 0.913 bits per heavy atom. The molecule has 0 bridgehead atoms. The number of hydrogen-bond donors (Lipinski definition) is 2. The highest BCUT2D eigenvalue weighted by atomic mass is 16.1. The first kappa shape index (κ1) is 19.7. The molecule has 23 heavy (non-hydrogen) atoms. The number of benzene rings is 1. The Morgan fingerprint density at radius 3 is 2.13 bits per heavy atom. The summed E-state index contributed by atoms with van der Waals surface area (Å²) in [6, 6.07) is 8.25. The van der Waals surface area contributed by atoms with Gasteiger partial charge in [0, 0.05) is 12.1 Å². The number of aryl methyl sites for hydroxylation is 1. The summed E-state index contributed by atoms with van der Waals surface area (Å²) in [6.07, 6.45) is 13.2. The zero-order valence-electron chi connectivity index (χ0n) is 14.8. The van der Waals surface area contributed by atoms with Crippen molar-refractivity contribution in [1.29, 1.82) is 0 Å². The summed E-state index contributed by atoms with van der Waals surface area (Å²) in [6.45, 7) is 2.82. The van der Waals surface area contributed by atoms with Crippen molar-refractivity contribution < 1.29 is 4.79 Å². The highest BCUT2D eigenvalue weighted by Gasteiger charge is 2.01. The molecule has 0 aromatic heterocycles. The van der Waals surface area contributed by atoms with Crippen molar-refractivity contribution in [2.45, 2.75) is 77.6 Å². The molecule has 0 unspecified atom stereocenters. The number of rotatable bonds is 13. The van der Waals surface area contributed by atoms with Crippen LogP contribution in [0.1, 0.15) is 76.7 Å². The van der Waals surface area contributed by atoms with Crippen LogP contribution in [0, 0.1) is 0 Å². The van der Waals surface area contributed by atoms with E-state index in [1.807, 2.05) is 12.1 Å². The third kappa shape index (κ3) is 10.1. The normalized spacial score (nSPS) is 10.7. The van der Waals surface area contributed by atoms with E-state index >= 15 is 0 Å². The second-order valence-corrected chi connectivity index (χ2v) is 6.36. The monoisotopic (exact) mass is 318 g/mol. The van der Waals surface area contributed by atoms with Gasteiger partial charge in [-0.15, -0.1) is 0 Å². The van der Waals surface area contributed by atoms with E-state index in [1.165, 1.54) is 56.9 Å². The van der Waals surface area contributed by atoms with Crippen LogP contribution in [-0.4, -0.2) is 12.5 Å². The highest BCUT2D eigenvalue weighted by molar-refractivity contribution is 5.90. The molecule has 1 aromatic carbocycles. The molecule has 0 aliphatic heterocycles. The standard InChI is InChI=1S/C20H34N2O/c1-2-3-4-5-6-7-8-9-11-18-13-15-19(16-14-18)22-20(23)12-10-17-21/h13-16H,2-12,17,21H2,1H3,(H,22,23). The van der Waals surface area contributed by atoms with Gasteiger partial charge in [0.15, 0.2) is 0 Å². The minimum Gasteiger partial charge on any atom is -0.330 e. The third-order valence-corrected chi connectivity index (χ3v) is 4.16. The van der Waals surface area contributed by atoms with Crippen LogP contribution in [0.4, 0.5) is 5.69 Å². The average molecular weight is 319 g/mol. The number of carbonyl (C=O) groups is 1. The maximum atomic E-state index is 11.6. The van der Waals surface area contributed by atoms with E-state index in [9.17, 15) is 4.79 Å². The predicted molar refractivity (Wildman–Crippen MR) is 99.7 cm³/mol. The van der Waals surface area contributed by atoms with Crippen LogP contribution in [0.2, 0.25) is 0 Å². The van der Waals surface area contributed by atoms with Crippen LogP contribution in [0.25, 0.3) is 0 Å². The largest absolute Gasteiger partial charge is 0.330 e. The molecule has 130 valence electrons. The number of nitrogens with one attached hydrogen (secondary N) is 1. The van der Waals surface area contributed by atoms with Gasteiger partial charge >= 0.3 is 0 Å². The SMILES string of the molecule is CCCCCCCCCCc1ccc(NC(=O)CCCN)cc1. The smallest absolute Gasteiger partial charge is 0.224 e. The maximum absolute atomic E-state index is 11.6. The van der Waals surface area contributed by atoms with Crippen molar-refractivity contribution in [3.63, 3.8) is 0 Å². The van der Waals surface area contributed by atoms with Crippen LogP contribution in [0.3, 0.4) is 0 Å². The van der Waals surface area contributed by atoms with Crippen LogP contribution in [0.5, 0.6) is 0 Å². The fourth-order valence-electron chi connectivity index (χ4n) is 2.70. The van der Waals surface area contributed by atoms with Gasteiger partial charge in [0.2, 0.25) is 5.91 Å². The number of carbonyl (C=O) groups excluding carboxylic acids is 1. The Labute approximate surface area is 142 Å². The Morgan fingerprint density at radius 2 is 1.52 bits per heavy atom. The van der Waals surface area contributed by atoms with E-state index in [2.05, 4.69) is 24.4 Å². The molecule has 0 saturated carbocycles. The van der Waals surface area contributed by atoms with Crippen LogP contribution >= 0.6 is 0 Å². The van der Waals surface area contributed by atoms with Crippen LogP contribution in [0.15, 0.2) is 24.3 Å². The average Bonchev–Trinajstić information content (AvgIpc) is 2.57. The molecule has 3 N–H and O–H groups in total. The summed E-state index contributed by atoms with van der Waals surface area (Å²) in [5.41, 5.74) is 7.65. The van der Waals surface area contributed by atoms with E-state index in [4.69, 9.17) is 5.73 Å². The number of nitrogens with two attached hydrogens (primary N) is 1. The number of amides is 1. The molecule has 0 atom stereocenters. The Balaban J connectivity index is 2.13. The van der Waals surface area contributed by atoms with Crippen molar-refractivity contribution >= 4 is 11.6 Å². The minimum atomic E-state index is 0.0475. The molecule has 0 radical (unpaired) electrons. The summed E-state index contributed by atoms with van der Waals surface area (Å²) in [5, 5.41) is 2.91. The predicted octanol–water partition coefficient (Wildman–Crippen LogP) is 5.05. The van der Waals surface area contributed by atoms with E-state index in [0.717, 1.165) is 18.5 Å². The highest BCUT2D eigenvalue weighted by Crippen LogP contribution is 2.14. The van der Waals surface area contributed by atoms with Crippen molar-refractivity contribution in [2.24, 2.45) is 5.73 Å². The Hall–Kier alpha value is -1.35. The molecule has 0 fully saturated rings. The lowest BCUT2D eigenvalue weighted by atomic mass is 10.0. The molecule has 1 rings (SSSR count). The van der Waals surface area contributed by atoms with Crippen molar-refractivity contribution in [2.75, 3.05) is 11.9 Å². The summed E-state index contributed by atoms with van der Waals surface area (Å²) in [4.78, 5) is 11.6. The van der Waals surface area contributed by atoms with E-state index in [-0.39, 0.29) is 5.91 Å². The molecular weight excluding hydrogens is 284 g/mol. The van der Waals surface area contributed by atoms with Gasteiger partial charge in [-0.05, 0) is 43.5 Å². The molecule has 1 aromatic rings. The van der Waals surface area contributed by atoms with Gasteiger partial charge in [0.05, 0.1) is 0 Å². The maximum Gasteiger partial charge on any atom is 0.224 e. The number of unbranched alkanes of at least 4 members (excludes halogenated alkanes) is 7. The van der Waals surface area contributed by atoms with E-state index in [0.29, 0.717) is 13.0 Å². The summed E-state index contributed by atoms with van der Waals surface area (Å²) >= 11 is 0. The molecule has 0 aliphatic carbocycles. The van der Waals surface area contributed by atoms with Crippen molar-refractivity contribution in [3.8, 4) is 0 Å². The first-order valence-corrected chi connectivity index (χ1v) is 9.35. The topological polar surface area (TPSA) is 55.1 Å². The molecule has 1 amide bonds. The Kier molecular flexibility index (Phi) is 11.2. The fourth-order valence-corrected chi connectivity index (χ4v) is 2.70. The number of hydrogen-bond acceptors (Lipinski definition) is 2. The molecular formula is C20H34N2O. The lowest BCUT2D eigenvalue weighted by Crippen LogP contribution is -2.13. The van der Waals surface area contributed by atoms with Gasteiger partial charge in [-0.3, -0.25) is 4.79 Å². The van der Waals surface area contributed by atoms with Gasteiger partial charge < -0.3 is 11.1 Å². The second-order valence-electron chi connectivity index (χ2n) is 6.36. The second kappa shape index (κ2) is 13.1. The molecule has 0 saturated heterocycles. The van der Waals surface area contributed by atoms with E-state index < -0.39 is 0 Å². The lowest BCUT2D eigenvalue weighted by Gasteiger charge is -2.06. The molecule has 3 nitrogen and oxygen atoms in total. The van der Waals surface area contributed by atoms with Gasteiger partial charge in [-0.2, -0.15) is 0 Å². The first-order chi connectivity index (χ1) is 11.3. The van der Waals surface area contributed by atoms with Gasteiger partial charge in [-0.1, -0.05) is 64.0 Å². The van der Waals surface area contributed by atoms with Crippen molar-refractivity contribution in [3.05, 3.63) is 29.8 Å². The van der Waals surface area contributed by atoms with E-state index in [1.54, 1.807) is 0 Å². The van der Waals surface area contributed by atoms with Crippen LogP contribution < -0.4 is 11.1 Å². The molecule has 3 heteroatoms. The lowest BCUT2D eigenvalue weighted by molar-refractivity contribution is -0.116. The third-order valence-electron chi connectivity index (χ3n) is 4.16. The molecule has 0 aliphatic rings.